The van der Waals surface area contributed by atoms with Gasteiger partial charge in [0.25, 0.3) is 5.89 Å². The zero-order chi connectivity index (χ0) is 12.5. The third-order valence-corrected chi connectivity index (χ3v) is 3.37. The quantitative estimate of drug-likeness (QED) is 0.828. The molecule has 1 fully saturated rings. The van der Waals surface area contributed by atoms with Gasteiger partial charge in [-0.25, -0.2) is 0 Å². The van der Waals surface area contributed by atoms with Crippen molar-refractivity contribution >= 4 is 0 Å². The molecule has 0 radical (unpaired) electrons. The van der Waals surface area contributed by atoms with Gasteiger partial charge in [0.2, 0.25) is 0 Å². The summed E-state index contributed by atoms with van der Waals surface area (Å²) in [6.45, 7) is 6.37. The highest BCUT2D eigenvalue weighted by atomic mass is 16.5. The molecule has 6 nitrogen and oxygen atoms in total. The van der Waals surface area contributed by atoms with Crippen LogP contribution in [0.2, 0.25) is 0 Å². The molecule has 6 heteroatoms. The van der Waals surface area contributed by atoms with Gasteiger partial charge in [-0.05, 0) is 20.3 Å². The molecule has 0 unspecified atom stereocenters. The van der Waals surface area contributed by atoms with Crippen LogP contribution in [0.25, 0.3) is 11.5 Å². The van der Waals surface area contributed by atoms with E-state index in [0.717, 1.165) is 36.7 Å². The Labute approximate surface area is 105 Å². The highest BCUT2D eigenvalue weighted by Gasteiger charge is 2.24. The van der Waals surface area contributed by atoms with Gasteiger partial charge in [-0.15, -0.1) is 0 Å². The number of rotatable bonds is 3. The number of hydrogen-bond donors (Lipinski definition) is 0. The van der Waals surface area contributed by atoms with Crippen LogP contribution in [0, 0.1) is 6.92 Å². The lowest BCUT2D eigenvalue weighted by atomic mass is 10.1. The third-order valence-electron chi connectivity index (χ3n) is 3.37. The molecule has 0 saturated carbocycles. The van der Waals surface area contributed by atoms with Crippen molar-refractivity contribution in [1.29, 1.82) is 0 Å². The maximum atomic E-state index is 5.33. The molecular formula is C12H16N4O2. The number of nitrogens with zero attached hydrogens (tertiary/aromatic N) is 4. The van der Waals surface area contributed by atoms with E-state index in [4.69, 9.17) is 9.26 Å². The molecule has 3 rings (SSSR count). The first kappa shape index (κ1) is 11.4. The molecular weight excluding hydrogens is 232 g/mol. The lowest BCUT2D eigenvalue weighted by Crippen LogP contribution is -2.00. The van der Waals surface area contributed by atoms with Crippen molar-refractivity contribution in [2.75, 3.05) is 13.2 Å². The summed E-state index contributed by atoms with van der Waals surface area (Å²) in [5.74, 6) is 1.56. The lowest BCUT2D eigenvalue weighted by Gasteiger charge is -1.99. The fourth-order valence-corrected chi connectivity index (χ4v) is 2.22. The zero-order valence-electron chi connectivity index (χ0n) is 10.6. The number of hydrogen-bond acceptors (Lipinski definition) is 5. The molecule has 0 bridgehead atoms. The second kappa shape index (κ2) is 4.53. The van der Waals surface area contributed by atoms with Crippen LogP contribution in [0.1, 0.15) is 30.8 Å². The molecule has 1 aliphatic rings. The molecule has 0 spiro atoms. The minimum absolute atomic E-state index is 0.268. The van der Waals surface area contributed by atoms with Gasteiger partial charge in [0, 0.05) is 24.8 Å². The van der Waals surface area contributed by atoms with E-state index in [2.05, 4.69) is 22.2 Å². The van der Waals surface area contributed by atoms with E-state index in [0.29, 0.717) is 12.5 Å². The van der Waals surface area contributed by atoms with E-state index in [9.17, 15) is 0 Å². The average molecular weight is 248 g/mol. The van der Waals surface area contributed by atoms with Crippen LogP contribution in [0.4, 0.5) is 0 Å². The zero-order valence-corrected chi connectivity index (χ0v) is 10.6. The van der Waals surface area contributed by atoms with E-state index in [1.54, 1.807) is 6.20 Å². The second-order valence-electron chi connectivity index (χ2n) is 4.48. The molecule has 0 amide bonds. The Morgan fingerprint density at radius 3 is 3.06 bits per heavy atom. The monoisotopic (exact) mass is 248 g/mol. The van der Waals surface area contributed by atoms with Crippen molar-refractivity contribution in [3.63, 3.8) is 0 Å². The minimum Gasteiger partial charge on any atom is -0.381 e. The average Bonchev–Trinajstić information content (AvgIpc) is 3.08. The molecule has 18 heavy (non-hydrogen) atoms. The van der Waals surface area contributed by atoms with Gasteiger partial charge in [0.05, 0.1) is 18.4 Å². The van der Waals surface area contributed by atoms with Crippen molar-refractivity contribution in [2.45, 2.75) is 32.7 Å². The molecule has 0 aliphatic carbocycles. The van der Waals surface area contributed by atoms with E-state index in [1.807, 2.05) is 11.6 Å². The van der Waals surface area contributed by atoms with Gasteiger partial charge in [-0.2, -0.15) is 10.1 Å². The van der Waals surface area contributed by atoms with Crippen molar-refractivity contribution < 1.29 is 9.26 Å². The molecule has 1 saturated heterocycles. The fourth-order valence-electron chi connectivity index (χ4n) is 2.22. The Morgan fingerprint density at radius 2 is 2.39 bits per heavy atom. The van der Waals surface area contributed by atoms with Crippen molar-refractivity contribution in [1.82, 2.24) is 19.9 Å². The van der Waals surface area contributed by atoms with E-state index in [-0.39, 0.29) is 5.92 Å². The summed E-state index contributed by atoms with van der Waals surface area (Å²) in [6, 6.07) is 0. The Hall–Kier alpha value is -1.69. The van der Waals surface area contributed by atoms with Crippen molar-refractivity contribution in [2.24, 2.45) is 0 Å². The number of aromatic nitrogens is 4. The maximum absolute atomic E-state index is 5.33. The summed E-state index contributed by atoms with van der Waals surface area (Å²) < 4.78 is 12.6. The van der Waals surface area contributed by atoms with Crippen molar-refractivity contribution in [3.05, 3.63) is 17.7 Å². The Balaban J connectivity index is 1.90. The molecule has 2 aromatic heterocycles. The van der Waals surface area contributed by atoms with Gasteiger partial charge in [0.1, 0.15) is 0 Å². The Bertz CT molecular complexity index is 540. The summed E-state index contributed by atoms with van der Waals surface area (Å²) >= 11 is 0. The standard InChI is InChI=1S/C12H16N4O2/c1-3-16-8(2)10(6-13-16)12-14-11(15-18-12)9-4-5-17-7-9/h6,9H,3-5,7H2,1-2H3/t9-/m1/s1. The Morgan fingerprint density at radius 1 is 1.50 bits per heavy atom. The molecule has 1 atom stereocenters. The van der Waals surface area contributed by atoms with Crippen molar-refractivity contribution in [3.8, 4) is 11.5 Å². The first-order valence-corrected chi connectivity index (χ1v) is 6.23. The topological polar surface area (TPSA) is 66.0 Å². The third kappa shape index (κ3) is 1.82. The fraction of sp³-hybridized carbons (Fsp3) is 0.583. The smallest absolute Gasteiger partial charge is 0.261 e. The predicted molar refractivity (Wildman–Crippen MR) is 64.1 cm³/mol. The van der Waals surface area contributed by atoms with Crippen LogP contribution in [-0.2, 0) is 11.3 Å². The minimum atomic E-state index is 0.268. The second-order valence-corrected chi connectivity index (χ2v) is 4.48. The first-order chi connectivity index (χ1) is 8.79. The highest BCUT2D eigenvalue weighted by molar-refractivity contribution is 5.54. The summed E-state index contributed by atoms with van der Waals surface area (Å²) in [7, 11) is 0. The van der Waals surface area contributed by atoms with Crippen LogP contribution in [0.3, 0.4) is 0 Å². The van der Waals surface area contributed by atoms with Crippen LogP contribution < -0.4 is 0 Å². The van der Waals surface area contributed by atoms with Gasteiger partial charge in [-0.3, -0.25) is 4.68 Å². The maximum Gasteiger partial charge on any atom is 0.261 e. The van der Waals surface area contributed by atoms with Crippen LogP contribution in [0.5, 0.6) is 0 Å². The summed E-state index contributed by atoms with van der Waals surface area (Å²) in [5.41, 5.74) is 1.96. The van der Waals surface area contributed by atoms with E-state index in [1.165, 1.54) is 0 Å². The molecule has 96 valence electrons. The molecule has 1 aliphatic heterocycles. The van der Waals surface area contributed by atoms with Crippen LogP contribution >= 0.6 is 0 Å². The summed E-state index contributed by atoms with van der Waals surface area (Å²) in [4.78, 5) is 4.46. The summed E-state index contributed by atoms with van der Waals surface area (Å²) in [5, 5.41) is 8.33. The molecule has 3 heterocycles. The Kier molecular flexibility index (Phi) is 2.87. The lowest BCUT2D eigenvalue weighted by molar-refractivity contribution is 0.192. The first-order valence-electron chi connectivity index (χ1n) is 6.23. The van der Waals surface area contributed by atoms with E-state index >= 15 is 0 Å². The van der Waals surface area contributed by atoms with Crippen LogP contribution in [0.15, 0.2) is 10.7 Å². The van der Waals surface area contributed by atoms with Gasteiger partial charge in [-0.1, -0.05) is 5.16 Å². The van der Waals surface area contributed by atoms with Gasteiger partial charge >= 0.3 is 0 Å². The largest absolute Gasteiger partial charge is 0.381 e. The summed E-state index contributed by atoms with van der Waals surface area (Å²) in [6.07, 6.45) is 2.74. The van der Waals surface area contributed by atoms with E-state index < -0.39 is 0 Å². The SMILES string of the molecule is CCn1ncc(-c2nc([C@@H]3CCOC3)no2)c1C. The predicted octanol–water partition coefficient (Wildman–Crippen LogP) is 1.77. The number of aryl methyl sites for hydroxylation is 1. The molecule has 2 aromatic rings. The normalized spacial score (nSPS) is 19.6. The van der Waals surface area contributed by atoms with Gasteiger partial charge < -0.3 is 9.26 Å². The molecule has 0 N–H and O–H groups in total. The molecule has 0 aromatic carbocycles. The van der Waals surface area contributed by atoms with Gasteiger partial charge in [0.15, 0.2) is 5.82 Å². The highest BCUT2D eigenvalue weighted by Crippen LogP contribution is 2.26. The van der Waals surface area contributed by atoms with Crippen LogP contribution in [-0.4, -0.2) is 33.1 Å². The number of ether oxygens (including phenoxy) is 1.